The smallest absolute Gasteiger partial charge is 0.254 e. The number of anilines is 1. The van der Waals surface area contributed by atoms with Crippen LogP contribution in [0.1, 0.15) is 42.7 Å². The molecule has 3 amide bonds. The second-order valence-corrected chi connectivity index (χ2v) is 9.34. The Morgan fingerprint density at radius 3 is 2.52 bits per heavy atom. The van der Waals surface area contributed by atoms with Crippen molar-refractivity contribution in [1.29, 1.82) is 0 Å². The van der Waals surface area contributed by atoms with Gasteiger partial charge in [0.15, 0.2) is 5.13 Å². The molecule has 0 atom stereocenters. The molecule has 0 spiro atoms. The van der Waals surface area contributed by atoms with Gasteiger partial charge in [-0.3, -0.25) is 14.4 Å². The van der Waals surface area contributed by atoms with Crippen molar-refractivity contribution in [3.63, 3.8) is 0 Å². The van der Waals surface area contributed by atoms with Crippen molar-refractivity contribution in [1.82, 2.24) is 14.8 Å². The molecule has 1 aromatic heterocycles. The summed E-state index contributed by atoms with van der Waals surface area (Å²) in [5, 5.41) is 5.52. The predicted molar refractivity (Wildman–Crippen MR) is 122 cm³/mol. The van der Waals surface area contributed by atoms with Gasteiger partial charge < -0.3 is 15.1 Å². The number of hydrogen-bond donors (Lipinski definition) is 1. The number of carbonyl (C=O) groups is 3. The fraction of sp³-hybridized carbons (Fsp3) is 0.455. The number of thiazole rings is 1. The maximum Gasteiger partial charge on any atom is 0.254 e. The van der Waals surface area contributed by atoms with Gasteiger partial charge in [0.05, 0.1) is 12.1 Å². The Bertz CT molecular complexity index is 923. The molecule has 0 bridgehead atoms. The maximum atomic E-state index is 12.9. The van der Waals surface area contributed by atoms with Crippen molar-refractivity contribution in [3.05, 3.63) is 45.9 Å². The number of halogens is 1. The lowest BCUT2D eigenvalue weighted by molar-refractivity contribution is -0.129. The van der Waals surface area contributed by atoms with Gasteiger partial charge in [-0.2, -0.15) is 0 Å². The lowest BCUT2D eigenvalue weighted by Crippen LogP contribution is -2.40. The van der Waals surface area contributed by atoms with E-state index in [2.05, 4.69) is 10.3 Å². The number of amides is 3. The molecule has 2 heterocycles. The minimum Gasteiger partial charge on any atom is -0.342 e. The average molecular weight is 463 g/mol. The molecule has 3 rings (SSSR count). The Morgan fingerprint density at radius 1 is 1.19 bits per heavy atom. The number of carbonyl (C=O) groups excluding carboxylic acids is 3. The molecule has 1 N–H and O–H groups in total. The molecule has 7 nitrogen and oxygen atoms in total. The van der Waals surface area contributed by atoms with E-state index in [1.807, 2.05) is 18.7 Å². The van der Waals surface area contributed by atoms with Crippen molar-refractivity contribution >= 4 is 45.8 Å². The molecule has 31 heavy (non-hydrogen) atoms. The van der Waals surface area contributed by atoms with E-state index in [1.165, 1.54) is 16.2 Å². The molecule has 0 radical (unpaired) electrons. The van der Waals surface area contributed by atoms with Gasteiger partial charge in [0, 0.05) is 35.6 Å². The lowest BCUT2D eigenvalue weighted by Gasteiger charge is -2.24. The molecular formula is C22H27ClN4O3S. The molecule has 166 valence electrons. The van der Waals surface area contributed by atoms with Gasteiger partial charge in [-0.25, -0.2) is 4.98 Å². The minimum absolute atomic E-state index is 0.0670. The number of hydrogen-bond acceptors (Lipinski definition) is 5. The van der Waals surface area contributed by atoms with Crippen LogP contribution in [0.2, 0.25) is 5.02 Å². The van der Waals surface area contributed by atoms with Gasteiger partial charge in [0.25, 0.3) is 5.91 Å². The fourth-order valence-corrected chi connectivity index (χ4v) is 4.30. The van der Waals surface area contributed by atoms with Crippen LogP contribution in [0, 0.1) is 5.92 Å². The number of likely N-dealkylation sites (tertiary alicyclic amines) is 1. The summed E-state index contributed by atoms with van der Waals surface area (Å²) in [6.07, 6.45) is 2.33. The van der Waals surface area contributed by atoms with Crippen LogP contribution in [-0.2, 0) is 16.0 Å². The van der Waals surface area contributed by atoms with E-state index < -0.39 is 0 Å². The second-order valence-electron chi connectivity index (χ2n) is 8.04. The SMILES string of the molecule is CC(C)CN(CC(=O)Nc1nc(CC(=O)N2CCCC2)cs1)C(=O)c1ccc(Cl)cc1. The third-order valence-electron chi connectivity index (χ3n) is 4.89. The normalized spacial score (nSPS) is 13.5. The van der Waals surface area contributed by atoms with Gasteiger partial charge in [0.2, 0.25) is 11.8 Å². The van der Waals surface area contributed by atoms with Crippen LogP contribution in [0.4, 0.5) is 5.13 Å². The summed E-state index contributed by atoms with van der Waals surface area (Å²) in [4.78, 5) is 45.5. The van der Waals surface area contributed by atoms with Crippen LogP contribution in [-0.4, -0.2) is 58.7 Å². The molecule has 1 aliphatic heterocycles. The Balaban J connectivity index is 1.59. The number of nitrogens with zero attached hydrogens (tertiary/aromatic N) is 3. The monoisotopic (exact) mass is 462 g/mol. The van der Waals surface area contributed by atoms with E-state index in [0.717, 1.165) is 25.9 Å². The van der Waals surface area contributed by atoms with Gasteiger partial charge in [-0.15, -0.1) is 11.3 Å². The standard InChI is InChI=1S/C22H27ClN4O3S/c1-15(2)12-27(21(30)16-5-7-17(23)8-6-16)13-19(28)25-22-24-18(14-31-22)11-20(29)26-9-3-4-10-26/h5-8,14-15H,3-4,9-13H2,1-2H3,(H,24,25,28). The van der Waals surface area contributed by atoms with Crippen molar-refractivity contribution in [2.45, 2.75) is 33.1 Å². The minimum atomic E-state index is -0.324. The van der Waals surface area contributed by atoms with Crippen LogP contribution in [0.15, 0.2) is 29.6 Å². The van der Waals surface area contributed by atoms with Crippen LogP contribution < -0.4 is 5.32 Å². The Labute approximate surface area is 191 Å². The third-order valence-corrected chi connectivity index (χ3v) is 5.95. The molecule has 0 saturated carbocycles. The van der Waals surface area contributed by atoms with Gasteiger partial charge in [-0.05, 0) is 43.0 Å². The zero-order valence-electron chi connectivity index (χ0n) is 17.8. The number of nitrogens with one attached hydrogen (secondary N) is 1. The lowest BCUT2D eigenvalue weighted by atomic mass is 10.1. The van der Waals surface area contributed by atoms with Crippen molar-refractivity contribution < 1.29 is 14.4 Å². The number of benzene rings is 1. The molecule has 9 heteroatoms. The Hall–Kier alpha value is -2.45. The van der Waals surface area contributed by atoms with Crippen molar-refractivity contribution in [2.75, 3.05) is 31.5 Å². The number of rotatable bonds is 8. The molecule has 1 saturated heterocycles. The average Bonchev–Trinajstić information content (AvgIpc) is 3.39. The predicted octanol–water partition coefficient (Wildman–Crippen LogP) is 3.70. The summed E-state index contributed by atoms with van der Waals surface area (Å²) in [7, 11) is 0. The fourth-order valence-electron chi connectivity index (χ4n) is 3.45. The quantitative estimate of drug-likeness (QED) is 0.648. The molecule has 1 aliphatic rings. The van der Waals surface area contributed by atoms with Gasteiger partial charge in [-0.1, -0.05) is 25.4 Å². The summed E-state index contributed by atoms with van der Waals surface area (Å²) in [6, 6.07) is 6.62. The second kappa shape index (κ2) is 10.7. The van der Waals surface area contributed by atoms with Crippen LogP contribution >= 0.6 is 22.9 Å². The van der Waals surface area contributed by atoms with Gasteiger partial charge >= 0.3 is 0 Å². The number of aromatic nitrogens is 1. The first-order valence-corrected chi connectivity index (χ1v) is 11.6. The van der Waals surface area contributed by atoms with E-state index in [-0.39, 0.29) is 36.6 Å². The van der Waals surface area contributed by atoms with Crippen molar-refractivity contribution in [2.24, 2.45) is 5.92 Å². The molecule has 0 aliphatic carbocycles. The van der Waals surface area contributed by atoms with Crippen LogP contribution in [0.25, 0.3) is 0 Å². The van der Waals surface area contributed by atoms with Crippen LogP contribution in [0.3, 0.4) is 0 Å². The Morgan fingerprint density at radius 2 is 1.87 bits per heavy atom. The highest BCUT2D eigenvalue weighted by atomic mass is 35.5. The summed E-state index contributed by atoms with van der Waals surface area (Å²) in [5.41, 5.74) is 1.13. The molecular weight excluding hydrogens is 436 g/mol. The largest absolute Gasteiger partial charge is 0.342 e. The first-order valence-electron chi connectivity index (χ1n) is 10.4. The van der Waals surface area contributed by atoms with Crippen LogP contribution in [0.5, 0.6) is 0 Å². The Kier molecular flexibility index (Phi) is 8.03. The first-order chi connectivity index (χ1) is 14.8. The summed E-state index contributed by atoms with van der Waals surface area (Å²) >= 11 is 7.18. The molecule has 0 unspecified atom stereocenters. The molecule has 2 aromatic rings. The van der Waals surface area contributed by atoms with E-state index in [1.54, 1.807) is 29.6 Å². The zero-order chi connectivity index (χ0) is 22.4. The summed E-state index contributed by atoms with van der Waals surface area (Å²) in [5.74, 6) is -0.282. The van der Waals surface area contributed by atoms with E-state index in [0.29, 0.717) is 28.0 Å². The molecule has 1 fully saturated rings. The highest BCUT2D eigenvalue weighted by molar-refractivity contribution is 7.13. The summed E-state index contributed by atoms with van der Waals surface area (Å²) in [6.45, 7) is 5.96. The topological polar surface area (TPSA) is 82.6 Å². The van der Waals surface area contributed by atoms with Gasteiger partial charge in [0.1, 0.15) is 6.54 Å². The zero-order valence-corrected chi connectivity index (χ0v) is 19.3. The van der Waals surface area contributed by atoms with Crippen molar-refractivity contribution in [3.8, 4) is 0 Å². The van der Waals surface area contributed by atoms with E-state index >= 15 is 0 Å². The highest BCUT2D eigenvalue weighted by Crippen LogP contribution is 2.18. The van der Waals surface area contributed by atoms with E-state index in [9.17, 15) is 14.4 Å². The first kappa shape index (κ1) is 23.2. The highest BCUT2D eigenvalue weighted by Gasteiger charge is 2.22. The molecule has 1 aromatic carbocycles. The maximum absolute atomic E-state index is 12.9. The summed E-state index contributed by atoms with van der Waals surface area (Å²) < 4.78 is 0. The van der Waals surface area contributed by atoms with E-state index in [4.69, 9.17) is 11.6 Å². The third kappa shape index (κ3) is 6.77.